The lowest BCUT2D eigenvalue weighted by Crippen LogP contribution is -2.49. The Balaban J connectivity index is 1.93. The Kier molecular flexibility index (Phi) is 3.03. The van der Waals surface area contributed by atoms with Crippen molar-refractivity contribution >= 4 is 5.91 Å². The van der Waals surface area contributed by atoms with Gasteiger partial charge in [0.2, 0.25) is 5.91 Å². The Morgan fingerprint density at radius 3 is 2.71 bits per heavy atom. The molecule has 0 aromatic rings. The SMILES string of the molecule is CCC1CC(=O)N(C2CCNCC2)N1. The topological polar surface area (TPSA) is 44.4 Å². The van der Waals surface area contributed by atoms with E-state index in [1.54, 1.807) is 0 Å². The molecule has 2 rings (SSSR count). The first kappa shape index (κ1) is 9.93. The van der Waals surface area contributed by atoms with Gasteiger partial charge in [-0.15, -0.1) is 0 Å². The fraction of sp³-hybridized carbons (Fsp3) is 0.900. The van der Waals surface area contributed by atoms with E-state index >= 15 is 0 Å². The van der Waals surface area contributed by atoms with E-state index in [1.807, 2.05) is 5.01 Å². The highest BCUT2D eigenvalue weighted by Gasteiger charge is 2.33. The molecule has 2 aliphatic heterocycles. The Morgan fingerprint density at radius 1 is 1.43 bits per heavy atom. The van der Waals surface area contributed by atoms with Crippen molar-refractivity contribution in [2.45, 2.75) is 44.7 Å². The van der Waals surface area contributed by atoms with Crippen LogP contribution in [0.1, 0.15) is 32.6 Å². The van der Waals surface area contributed by atoms with Crippen molar-refractivity contribution in [1.82, 2.24) is 15.8 Å². The minimum atomic E-state index is 0.281. The van der Waals surface area contributed by atoms with Crippen LogP contribution in [0.15, 0.2) is 0 Å². The third-order valence-electron chi connectivity index (χ3n) is 3.18. The summed E-state index contributed by atoms with van der Waals surface area (Å²) in [5.41, 5.74) is 3.32. The van der Waals surface area contributed by atoms with Crippen molar-refractivity contribution in [3.8, 4) is 0 Å². The van der Waals surface area contributed by atoms with Crippen LogP contribution in [0, 0.1) is 0 Å². The summed E-state index contributed by atoms with van der Waals surface area (Å²) in [4.78, 5) is 11.7. The molecular formula is C10H19N3O. The molecule has 0 aromatic heterocycles. The van der Waals surface area contributed by atoms with Gasteiger partial charge in [0.15, 0.2) is 0 Å². The predicted octanol–water partition coefficient (Wildman–Crippen LogP) is 0.254. The van der Waals surface area contributed by atoms with Gasteiger partial charge in [0, 0.05) is 12.5 Å². The minimum absolute atomic E-state index is 0.281. The molecule has 80 valence electrons. The van der Waals surface area contributed by atoms with Crippen molar-refractivity contribution < 1.29 is 4.79 Å². The van der Waals surface area contributed by atoms with Crippen molar-refractivity contribution in [2.75, 3.05) is 13.1 Å². The largest absolute Gasteiger partial charge is 0.317 e. The van der Waals surface area contributed by atoms with Crippen LogP contribution >= 0.6 is 0 Å². The molecule has 2 saturated heterocycles. The zero-order valence-corrected chi connectivity index (χ0v) is 8.75. The maximum absolute atomic E-state index is 11.7. The second-order valence-corrected chi connectivity index (χ2v) is 4.18. The first-order valence-corrected chi connectivity index (χ1v) is 5.60. The second-order valence-electron chi connectivity index (χ2n) is 4.18. The number of carbonyl (C=O) groups excluding carboxylic acids is 1. The molecule has 0 bridgehead atoms. The number of nitrogens with one attached hydrogen (secondary N) is 2. The van der Waals surface area contributed by atoms with Crippen molar-refractivity contribution in [1.29, 1.82) is 0 Å². The van der Waals surface area contributed by atoms with Gasteiger partial charge in [-0.25, -0.2) is 5.43 Å². The average molecular weight is 197 g/mol. The quantitative estimate of drug-likeness (QED) is 0.667. The van der Waals surface area contributed by atoms with Crippen LogP contribution in [0.5, 0.6) is 0 Å². The fourth-order valence-corrected chi connectivity index (χ4v) is 2.23. The molecule has 14 heavy (non-hydrogen) atoms. The van der Waals surface area contributed by atoms with Crippen LogP contribution in [0.3, 0.4) is 0 Å². The Hall–Kier alpha value is -0.610. The molecule has 4 nitrogen and oxygen atoms in total. The number of hydrogen-bond acceptors (Lipinski definition) is 3. The first-order chi connectivity index (χ1) is 6.81. The molecular weight excluding hydrogens is 178 g/mol. The maximum atomic E-state index is 11.7. The molecule has 1 atom stereocenters. The normalized spacial score (nSPS) is 29.9. The van der Waals surface area contributed by atoms with Crippen LogP contribution in [-0.2, 0) is 4.79 Å². The lowest BCUT2D eigenvalue weighted by molar-refractivity contribution is -0.132. The van der Waals surface area contributed by atoms with Gasteiger partial charge in [0.1, 0.15) is 0 Å². The zero-order chi connectivity index (χ0) is 9.97. The molecule has 0 saturated carbocycles. The second kappa shape index (κ2) is 4.28. The van der Waals surface area contributed by atoms with Crippen molar-refractivity contribution in [2.24, 2.45) is 0 Å². The van der Waals surface area contributed by atoms with Crippen LogP contribution in [0.2, 0.25) is 0 Å². The van der Waals surface area contributed by atoms with Gasteiger partial charge >= 0.3 is 0 Å². The highest BCUT2D eigenvalue weighted by Crippen LogP contribution is 2.18. The van der Waals surface area contributed by atoms with Gasteiger partial charge in [0.25, 0.3) is 0 Å². The maximum Gasteiger partial charge on any atom is 0.238 e. The number of amides is 1. The molecule has 1 unspecified atom stereocenters. The number of nitrogens with zero attached hydrogens (tertiary/aromatic N) is 1. The van der Waals surface area contributed by atoms with Gasteiger partial charge in [-0.3, -0.25) is 9.80 Å². The van der Waals surface area contributed by atoms with E-state index in [1.165, 1.54) is 0 Å². The van der Waals surface area contributed by atoms with Crippen LogP contribution in [0.25, 0.3) is 0 Å². The summed E-state index contributed by atoms with van der Waals surface area (Å²) in [6.45, 7) is 4.19. The highest BCUT2D eigenvalue weighted by molar-refractivity contribution is 5.78. The third-order valence-corrected chi connectivity index (χ3v) is 3.18. The van der Waals surface area contributed by atoms with E-state index in [0.717, 1.165) is 32.4 Å². The minimum Gasteiger partial charge on any atom is -0.317 e. The molecule has 1 amide bonds. The summed E-state index contributed by atoms with van der Waals surface area (Å²) in [5, 5.41) is 5.20. The monoisotopic (exact) mass is 197 g/mol. The lowest BCUT2D eigenvalue weighted by Gasteiger charge is -2.31. The molecule has 2 fully saturated rings. The molecule has 0 aliphatic carbocycles. The molecule has 2 heterocycles. The summed E-state index contributed by atoms with van der Waals surface area (Å²) in [7, 11) is 0. The van der Waals surface area contributed by atoms with Crippen LogP contribution < -0.4 is 10.7 Å². The molecule has 2 N–H and O–H groups in total. The van der Waals surface area contributed by atoms with Crippen molar-refractivity contribution in [3.05, 3.63) is 0 Å². The van der Waals surface area contributed by atoms with E-state index in [-0.39, 0.29) is 5.91 Å². The highest BCUT2D eigenvalue weighted by atomic mass is 16.2. The molecule has 2 aliphatic rings. The number of rotatable bonds is 2. The fourth-order valence-electron chi connectivity index (χ4n) is 2.23. The van der Waals surface area contributed by atoms with E-state index < -0.39 is 0 Å². The van der Waals surface area contributed by atoms with Gasteiger partial charge in [0.05, 0.1) is 6.04 Å². The Bertz CT molecular complexity index is 213. The predicted molar refractivity (Wildman–Crippen MR) is 54.6 cm³/mol. The first-order valence-electron chi connectivity index (χ1n) is 5.60. The number of piperidine rings is 1. The number of carbonyl (C=O) groups is 1. The van der Waals surface area contributed by atoms with Gasteiger partial charge in [-0.2, -0.15) is 0 Å². The molecule has 0 radical (unpaired) electrons. The van der Waals surface area contributed by atoms with E-state index in [4.69, 9.17) is 0 Å². The number of hydrogen-bond donors (Lipinski definition) is 2. The van der Waals surface area contributed by atoms with E-state index in [2.05, 4.69) is 17.7 Å². The summed E-state index contributed by atoms with van der Waals surface area (Å²) < 4.78 is 0. The summed E-state index contributed by atoms with van der Waals surface area (Å²) >= 11 is 0. The smallest absolute Gasteiger partial charge is 0.238 e. The molecule has 0 spiro atoms. The molecule has 4 heteroatoms. The lowest BCUT2D eigenvalue weighted by atomic mass is 10.1. The zero-order valence-electron chi connectivity index (χ0n) is 8.75. The van der Waals surface area contributed by atoms with Gasteiger partial charge in [-0.1, -0.05) is 6.92 Å². The number of hydrazine groups is 1. The van der Waals surface area contributed by atoms with Crippen LogP contribution in [-0.4, -0.2) is 36.1 Å². The van der Waals surface area contributed by atoms with Gasteiger partial charge in [-0.05, 0) is 32.4 Å². The third kappa shape index (κ3) is 1.91. The standard InChI is InChI=1S/C10H19N3O/c1-2-8-7-10(14)13(12-8)9-3-5-11-6-4-9/h8-9,11-12H,2-7H2,1H3. The average Bonchev–Trinajstić information content (AvgIpc) is 2.61. The van der Waals surface area contributed by atoms with Gasteiger partial charge < -0.3 is 5.32 Å². The van der Waals surface area contributed by atoms with Crippen LogP contribution in [0.4, 0.5) is 0 Å². The molecule has 0 aromatic carbocycles. The Morgan fingerprint density at radius 2 is 2.14 bits per heavy atom. The van der Waals surface area contributed by atoms with Crippen molar-refractivity contribution in [3.63, 3.8) is 0 Å². The van der Waals surface area contributed by atoms with E-state index in [0.29, 0.717) is 18.5 Å². The summed E-state index contributed by atoms with van der Waals surface area (Å²) in [6, 6.07) is 0.790. The van der Waals surface area contributed by atoms with E-state index in [9.17, 15) is 4.79 Å². The Labute approximate surface area is 85.0 Å². The summed E-state index contributed by atoms with van der Waals surface area (Å²) in [6.07, 6.45) is 3.87. The summed E-state index contributed by atoms with van der Waals surface area (Å²) in [5.74, 6) is 0.281.